The van der Waals surface area contributed by atoms with Gasteiger partial charge in [0.05, 0.1) is 0 Å². The van der Waals surface area contributed by atoms with Crippen molar-refractivity contribution in [3.05, 3.63) is 261 Å². The summed E-state index contributed by atoms with van der Waals surface area (Å²) >= 11 is 0. The average Bonchev–Trinajstić information content (AvgIpc) is 3.83. The minimum atomic E-state index is 0.880. The quantitative estimate of drug-likeness (QED) is 0.142. The molecule has 0 fully saturated rings. The Morgan fingerprint density at radius 1 is 0.265 bits per heavy atom. The maximum atomic E-state index is 7.06. The lowest BCUT2D eigenvalue weighted by Gasteiger charge is -2.26. The normalized spacial score (nSPS) is 11.5. The maximum Gasteiger partial charge on any atom is 0.143 e. The molecule has 2 nitrogen and oxygen atoms in total. The van der Waals surface area contributed by atoms with Gasteiger partial charge < -0.3 is 9.32 Å². The summed E-state index contributed by atoms with van der Waals surface area (Å²) in [5.41, 5.74) is 14.5. The molecule has 318 valence electrons. The summed E-state index contributed by atoms with van der Waals surface area (Å²) in [5.74, 6) is 0.880. The highest BCUT2D eigenvalue weighted by Gasteiger charge is 2.23. The first kappa shape index (κ1) is 39.4. The monoisotopic (exact) mass is 865 g/mol. The Hall–Kier alpha value is -8.98. The number of anilines is 3. The van der Waals surface area contributed by atoms with E-state index in [1.165, 1.54) is 54.6 Å². The molecule has 2 heteroatoms. The SMILES string of the molecule is c1ccc(-c2oc3c4ccccc4c4ccc(-c5cccc(N(c6ccc(-c7cccc8ccccc78)cc6)c6ccc(-c7cccc8ccccc78)cc6)c5)cc4c3c2-c2ccccc2)cc1. The van der Waals surface area contributed by atoms with Crippen LogP contribution in [0.25, 0.3) is 110 Å². The summed E-state index contributed by atoms with van der Waals surface area (Å²) in [4.78, 5) is 2.38. The Morgan fingerprint density at radius 2 is 0.721 bits per heavy atom. The summed E-state index contributed by atoms with van der Waals surface area (Å²) in [7, 11) is 0. The van der Waals surface area contributed by atoms with Crippen molar-refractivity contribution in [2.45, 2.75) is 0 Å². The van der Waals surface area contributed by atoms with Crippen LogP contribution in [0, 0.1) is 0 Å². The number of rotatable bonds is 8. The van der Waals surface area contributed by atoms with Crippen molar-refractivity contribution in [3.63, 3.8) is 0 Å². The van der Waals surface area contributed by atoms with Gasteiger partial charge in [0.1, 0.15) is 11.3 Å². The molecule has 0 N–H and O–H groups in total. The van der Waals surface area contributed by atoms with Crippen LogP contribution in [0.15, 0.2) is 265 Å². The van der Waals surface area contributed by atoms with Crippen LogP contribution >= 0.6 is 0 Å². The van der Waals surface area contributed by atoms with Crippen molar-refractivity contribution in [1.82, 2.24) is 0 Å². The highest BCUT2D eigenvalue weighted by molar-refractivity contribution is 6.29. The van der Waals surface area contributed by atoms with Crippen molar-refractivity contribution in [3.8, 4) is 55.8 Å². The van der Waals surface area contributed by atoms with Gasteiger partial charge in [-0.2, -0.15) is 0 Å². The molecule has 1 heterocycles. The molecule has 0 spiro atoms. The van der Waals surface area contributed by atoms with Gasteiger partial charge >= 0.3 is 0 Å². The Bertz CT molecular complexity index is 3870. The van der Waals surface area contributed by atoms with Gasteiger partial charge in [-0.3, -0.25) is 0 Å². The molecule has 0 amide bonds. The van der Waals surface area contributed by atoms with Gasteiger partial charge in [0.15, 0.2) is 0 Å². The molecule has 0 radical (unpaired) electrons. The largest absolute Gasteiger partial charge is 0.455 e. The van der Waals surface area contributed by atoms with Gasteiger partial charge in [0, 0.05) is 39.0 Å². The molecule has 0 atom stereocenters. The van der Waals surface area contributed by atoms with E-state index in [0.717, 1.165) is 72.4 Å². The lowest BCUT2D eigenvalue weighted by Crippen LogP contribution is -2.10. The Morgan fingerprint density at radius 3 is 1.34 bits per heavy atom. The molecular weight excluding hydrogens is 823 g/mol. The lowest BCUT2D eigenvalue weighted by atomic mass is 9.90. The summed E-state index contributed by atoms with van der Waals surface area (Å²) < 4.78 is 7.06. The predicted octanol–water partition coefficient (Wildman–Crippen LogP) is 18.9. The zero-order chi connectivity index (χ0) is 45.0. The standard InChI is InChI=1S/C66H43NO/c1-3-18-48(19-4-1)63-64-62-43-51(36-41-60(62)59-28-11-12-29-61(59)66(64)68-65(63)49-20-5-2-6-21-49)50-24-13-25-54(42-50)67(52-37-32-46(33-38-52)57-30-14-22-44-16-7-9-26-55(44)57)53-39-34-47(35-40-53)58-31-15-23-45-17-8-10-27-56(45)58/h1-43H. The number of furan rings is 1. The Balaban J connectivity index is 0.977. The van der Waals surface area contributed by atoms with E-state index in [4.69, 9.17) is 4.42 Å². The van der Waals surface area contributed by atoms with Gasteiger partial charge in [-0.25, -0.2) is 0 Å². The summed E-state index contributed by atoms with van der Waals surface area (Å²) in [6.07, 6.45) is 0. The van der Waals surface area contributed by atoms with Gasteiger partial charge in [0.25, 0.3) is 0 Å². The second-order valence-corrected chi connectivity index (χ2v) is 17.6. The number of hydrogen-bond acceptors (Lipinski definition) is 2. The molecule has 0 unspecified atom stereocenters. The smallest absolute Gasteiger partial charge is 0.143 e. The van der Waals surface area contributed by atoms with Crippen LogP contribution in [0.4, 0.5) is 17.1 Å². The third kappa shape index (κ3) is 6.73. The third-order valence-corrected chi connectivity index (χ3v) is 13.6. The Kier molecular flexibility index (Phi) is 9.54. The van der Waals surface area contributed by atoms with Crippen LogP contribution in [0.5, 0.6) is 0 Å². The molecule has 13 aromatic rings. The van der Waals surface area contributed by atoms with Crippen LogP contribution in [0.3, 0.4) is 0 Å². The Labute approximate surface area is 395 Å². The van der Waals surface area contributed by atoms with Crippen molar-refractivity contribution < 1.29 is 4.42 Å². The van der Waals surface area contributed by atoms with Gasteiger partial charge in [-0.1, -0.05) is 218 Å². The van der Waals surface area contributed by atoms with Gasteiger partial charge in [-0.15, -0.1) is 0 Å². The zero-order valence-corrected chi connectivity index (χ0v) is 37.2. The number of nitrogens with zero attached hydrogens (tertiary/aromatic N) is 1. The molecule has 68 heavy (non-hydrogen) atoms. The highest BCUT2D eigenvalue weighted by Crippen LogP contribution is 2.48. The fourth-order valence-electron chi connectivity index (χ4n) is 10.4. The van der Waals surface area contributed by atoms with Crippen LogP contribution < -0.4 is 4.90 Å². The van der Waals surface area contributed by atoms with E-state index in [0.29, 0.717) is 0 Å². The topological polar surface area (TPSA) is 16.4 Å². The molecule has 13 rings (SSSR count). The predicted molar refractivity (Wildman–Crippen MR) is 288 cm³/mol. The van der Waals surface area contributed by atoms with Crippen LogP contribution in [-0.2, 0) is 0 Å². The molecular formula is C66H43NO. The molecule has 0 aliphatic rings. The third-order valence-electron chi connectivity index (χ3n) is 13.6. The molecule has 0 aliphatic carbocycles. The van der Waals surface area contributed by atoms with E-state index in [-0.39, 0.29) is 0 Å². The minimum absolute atomic E-state index is 0.880. The van der Waals surface area contributed by atoms with E-state index in [9.17, 15) is 0 Å². The number of fused-ring (bicyclic) bond motifs is 8. The average molecular weight is 866 g/mol. The highest BCUT2D eigenvalue weighted by atomic mass is 16.3. The van der Waals surface area contributed by atoms with Gasteiger partial charge in [-0.05, 0) is 119 Å². The van der Waals surface area contributed by atoms with Crippen molar-refractivity contribution in [1.29, 1.82) is 0 Å². The van der Waals surface area contributed by atoms with Crippen molar-refractivity contribution in [2.24, 2.45) is 0 Å². The molecule has 0 bridgehead atoms. The fourth-order valence-corrected chi connectivity index (χ4v) is 10.4. The van der Waals surface area contributed by atoms with E-state index in [1.54, 1.807) is 0 Å². The molecule has 0 aliphatic heterocycles. The van der Waals surface area contributed by atoms with Crippen molar-refractivity contribution in [2.75, 3.05) is 4.90 Å². The first-order valence-electron chi connectivity index (χ1n) is 23.3. The first-order chi connectivity index (χ1) is 33.7. The maximum absolute atomic E-state index is 7.06. The van der Waals surface area contributed by atoms with E-state index >= 15 is 0 Å². The molecule has 1 aromatic heterocycles. The summed E-state index contributed by atoms with van der Waals surface area (Å²) in [6, 6.07) is 94.3. The molecule has 0 saturated carbocycles. The number of hydrogen-bond donors (Lipinski definition) is 0. The summed E-state index contributed by atoms with van der Waals surface area (Å²) in [6.45, 7) is 0. The fraction of sp³-hybridized carbons (Fsp3) is 0. The van der Waals surface area contributed by atoms with Gasteiger partial charge in [0.2, 0.25) is 0 Å². The number of benzene rings is 12. The second-order valence-electron chi connectivity index (χ2n) is 17.6. The van der Waals surface area contributed by atoms with Crippen LogP contribution in [-0.4, -0.2) is 0 Å². The summed E-state index contributed by atoms with van der Waals surface area (Å²) in [5, 5.41) is 10.7. The van der Waals surface area contributed by atoms with E-state index in [1.807, 2.05) is 0 Å². The van der Waals surface area contributed by atoms with Crippen LogP contribution in [0.2, 0.25) is 0 Å². The lowest BCUT2D eigenvalue weighted by molar-refractivity contribution is 0.636. The van der Waals surface area contributed by atoms with Crippen LogP contribution in [0.1, 0.15) is 0 Å². The van der Waals surface area contributed by atoms with E-state index < -0.39 is 0 Å². The minimum Gasteiger partial charge on any atom is -0.455 e. The van der Waals surface area contributed by atoms with Crippen molar-refractivity contribution >= 4 is 71.1 Å². The molecule has 12 aromatic carbocycles. The second kappa shape index (κ2) is 16.5. The zero-order valence-electron chi connectivity index (χ0n) is 37.2. The molecule has 0 saturated heterocycles. The van der Waals surface area contributed by atoms with E-state index in [2.05, 4.69) is 266 Å². The first-order valence-corrected chi connectivity index (χ1v) is 23.3.